The Morgan fingerprint density at radius 2 is 1.92 bits per heavy atom. The van der Waals surface area contributed by atoms with Gasteiger partial charge in [-0.15, -0.1) is 0 Å². The topological polar surface area (TPSA) is 35.5 Å². The maximum absolute atomic E-state index is 11.0. The number of carbonyl (C=O) groups is 1. The highest BCUT2D eigenvalue weighted by atomic mass is 16.7. The van der Waals surface area contributed by atoms with E-state index in [0.29, 0.717) is 18.9 Å². The zero-order valence-corrected chi connectivity index (χ0v) is 9.00. The molecule has 13 heavy (non-hydrogen) atoms. The molecule has 3 nitrogen and oxygen atoms in total. The van der Waals surface area contributed by atoms with Gasteiger partial charge in [-0.05, 0) is 19.3 Å². The smallest absolute Gasteiger partial charge is 0.308 e. The van der Waals surface area contributed by atoms with Crippen molar-refractivity contribution in [2.75, 3.05) is 6.61 Å². The first-order chi connectivity index (χ1) is 6.06. The maximum atomic E-state index is 11.0. The number of ether oxygens (including phenoxy) is 2. The Bertz CT molecular complexity index is 143. The van der Waals surface area contributed by atoms with Crippen LogP contribution in [0.1, 0.15) is 40.5 Å². The minimum absolute atomic E-state index is 0.182. The van der Waals surface area contributed by atoms with Crippen LogP contribution in [0.5, 0.6) is 0 Å². The second kappa shape index (κ2) is 6.89. The molecule has 78 valence electrons. The molecule has 0 N–H and O–H groups in total. The van der Waals surface area contributed by atoms with Crippen molar-refractivity contribution < 1.29 is 14.3 Å². The van der Waals surface area contributed by atoms with Crippen LogP contribution in [0.25, 0.3) is 0 Å². The van der Waals surface area contributed by atoms with Gasteiger partial charge in [-0.2, -0.15) is 0 Å². The minimum Gasteiger partial charge on any atom is -0.436 e. The van der Waals surface area contributed by atoms with Crippen molar-refractivity contribution in [2.24, 2.45) is 5.92 Å². The van der Waals surface area contributed by atoms with Crippen LogP contribution in [0.15, 0.2) is 0 Å². The van der Waals surface area contributed by atoms with E-state index < -0.39 is 6.29 Å². The Balaban J connectivity index is 3.49. The Morgan fingerprint density at radius 1 is 1.31 bits per heavy atom. The van der Waals surface area contributed by atoms with E-state index in [2.05, 4.69) is 13.8 Å². The molecular formula is C10H20O3. The zero-order chi connectivity index (χ0) is 10.3. The van der Waals surface area contributed by atoms with E-state index in [4.69, 9.17) is 9.47 Å². The van der Waals surface area contributed by atoms with Crippen molar-refractivity contribution in [1.29, 1.82) is 0 Å². The largest absolute Gasteiger partial charge is 0.436 e. The van der Waals surface area contributed by atoms with Crippen LogP contribution in [0.3, 0.4) is 0 Å². The predicted molar refractivity (Wildman–Crippen MR) is 51.3 cm³/mol. The number of rotatable bonds is 6. The molecule has 0 aromatic rings. The molecular weight excluding hydrogens is 168 g/mol. The van der Waals surface area contributed by atoms with Gasteiger partial charge in [0, 0.05) is 6.42 Å². The fourth-order valence-corrected chi connectivity index (χ4v) is 0.810. The highest BCUT2D eigenvalue weighted by Gasteiger charge is 2.08. The van der Waals surface area contributed by atoms with Crippen LogP contribution in [0.4, 0.5) is 0 Å². The molecule has 0 fully saturated rings. The van der Waals surface area contributed by atoms with E-state index in [1.165, 1.54) is 0 Å². The Kier molecular flexibility index (Phi) is 6.59. The lowest BCUT2D eigenvalue weighted by molar-refractivity contribution is -0.176. The third kappa shape index (κ3) is 7.78. The Morgan fingerprint density at radius 3 is 2.38 bits per heavy atom. The first-order valence-electron chi connectivity index (χ1n) is 4.87. The molecule has 0 aromatic carbocycles. The van der Waals surface area contributed by atoms with Gasteiger partial charge in [0.15, 0.2) is 6.29 Å². The summed E-state index contributed by atoms with van der Waals surface area (Å²) in [5, 5.41) is 0. The highest BCUT2D eigenvalue weighted by Crippen LogP contribution is 2.01. The van der Waals surface area contributed by atoms with Crippen LogP contribution < -0.4 is 0 Å². The summed E-state index contributed by atoms with van der Waals surface area (Å²) >= 11 is 0. The number of hydrogen-bond acceptors (Lipinski definition) is 3. The normalized spacial score (nSPS) is 13.0. The molecule has 0 amide bonds. The molecule has 0 aliphatic rings. The van der Waals surface area contributed by atoms with Gasteiger partial charge in [-0.25, -0.2) is 0 Å². The average Bonchev–Trinajstić information content (AvgIpc) is 2.01. The number of esters is 1. The minimum atomic E-state index is -0.415. The van der Waals surface area contributed by atoms with E-state index in [-0.39, 0.29) is 5.97 Å². The Labute approximate surface area is 80.4 Å². The molecule has 0 aliphatic heterocycles. The lowest BCUT2D eigenvalue weighted by atomic mass is 10.2. The molecule has 0 heterocycles. The van der Waals surface area contributed by atoms with Gasteiger partial charge in [0.1, 0.15) is 0 Å². The first-order valence-corrected chi connectivity index (χ1v) is 4.87. The second-order valence-corrected chi connectivity index (χ2v) is 3.53. The molecule has 0 bridgehead atoms. The fourth-order valence-electron chi connectivity index (χ4n) is 0.810. The van der Waals surface area contributed by atoms with E-state index >= 15 is 0 Å². The molecule has 0 saturated heterocycles. The van der Waals surface area contributed by atoms with Crippen molar-refractivity contribution in [3.05, 3.63) is 0 Å². The van der Waals surface area contributed by atoms with Crippen molar-refractivity contribution in [3.8, 4) is 0 Å². The summed E-state index contributed by atoms with van der Waals surface area (Å²) in [7, 11) is 0. The van der Waals surface area contributed by atoms with Gasteiger partial charge in [-0.3, -0.25) is 4.79 Å². The van der Waals surface area contributed by atoms with Crippen LogP contribution in [-0.2, 0) is 14.3 Å². The molecule has 0 radical (unpaired) electrons. The summed E-state index contributed by atoms with van der Waals surface area (Å²) in [6.07, 6.45) is 0.868. The summed E-state index contributed by atoms with van der Waals surface area (Å²) in [4.78, 5) is 11.0. The standard InChI is InChI=1S/C10H20O3/c1-5-6-10(11)13-9(4)12-7-8(2)3/h8-9H,5-7H2,1-4H3. The van der Waals surface area contributed by atoms with Gasteiger partial charge >= 0.3 is 5.97 Å². The maximum Gasteiger partial charge on any atom is 0.308 e. The van der Waals surface area contributed by atoms with Crippen LogP contribution in [0, 0.1) is 5.92 Å². The number of carbonyl (C=O) groups excluding carboxylic acids is 1. The molecule has 0 spiro atoms. The SMILES string of the molecule is CCCC(=O)OC(C)OCC(C)C. The molecule has 0 rings (SSSR count). The molecule has 3 heteroatoms. The lowest BCUT2D eigenvalue weighted by Crippen LogP contribution is -2.19. The van der Waals surface area contributed by atoms with Crippen molar-refractivity contribution in [2.45, 2.75) is 46.8 Å². The molecule has 1 unspecified atom stereocenters. The van der Waals surface area contributed by atoms with Crippen molar-refractivity contribution >= 4 is 5.97 Å². The monoisotopic (exact) mass is 188 g/mol. The molecule has 0 aromatic heterocycles. The van der Waals surface area contributed by atoms with Gasteiger partial charge in [-0.1, -0.05) is 20.8 Å². The number of hydrogen-bond donors (Lipinski definition) is 0. The summed E-state index contributed by atoms with van der Waals surface area (Å²) in [6, 6.07) is 0. The second-order valence-electron chi connectivity index (χ2n) is 3.53. The van der Waals surface area contributed by atoms with Gasteiger partial charge in [0.2, 0.25) is 0 Å². The van der Waals surface area contributed by atoms with E-state index in [9.17, 15) is 4.79 Å². The Hall–Kier alpha value is -0.570. The van der Waals surface area contributed by atoms with Crippen molar-refractivity contribution in [3.63, 3.8) is 0 Å². The van der Waals surface area contributed by atoms with E-state index in [0.717, 1.165) is 6.42 Å². The van der Waals surface area contributed by atoms with E-state index in [1.807, 2.05) is 6.92 Å². The van der Waals surface area contributed by atoms with Gasteiger partial charge in [0.05, 0.1) is 6.61 Å². The predicted octanol–water partition coefficient (Wildman–Crippen LogP) is 2.35. The summed E-state index contributed by atoms with van der Waals surface area (Å²) in [6.45, 7) is 8.43. The summed E-state index contributed by atoms with van der Waals surface area (Å²) < 4.78 is 10.3. The van der Waals surface area contributed by atoms with Crippen LogP contribution in [0.2, 0.25) is 0 Å². The van der Waals surface area contributed by atoms with Gasteiger partial charge in [0.25, 0.3) is 0 Å². The quantitative estimate of drug-likeness (QED) is 0.474. The third-order valence-electron chi connectivity index (χ3n) is 1.42. The average molecular weight is 188 g/mol. The summed E-state index contributed by atoms with van der Waals surface area (Å²) in [5.74, 6) is 0.283. The first kappa shape index (κ1) is 12.4. The van der Waals surface area contributed by atoms with Gasteiger partial charge < -0.3 is 9.47 Å². The summed E-state index contributed by atoms with van der Waals surface area (Å²) in [5.41, 5.74) is 0. The molecule has 0 aliphatic carbocycles. The third-order valence-corrected chi connectivity index (χ3v) is 1.42. The van der Waals surface area contributed by atoms with Crippen molar-refractivity contribution in [1.82, 2.24) is 0 Å². The molecule has 1 atom stereocenters. The highest BCUT2D eigenvalue weighted by molar-refractivity contribution is 5.69. The van der Waals surface area contributed by atoms with Crippen LogP contribution in [-0.4, -0.2) is 18.9 Å². The molecule has 0 saturated carbocycles. The zero-order valence-electron chi connectivity index (χ0n) is 9.00. The van der Waals surface area contributed by atoms with Crippen LogP contribution >= 0.6 is 0 Å². The van der Waals surface area contributed by atoms with E-state index in [1.54, 1.807) is 6.92 Å². The fraction of sp³-hybridized carbons (Fsp3) is 0.900. The lowest BCUT2D eigenvalue weighted by Gasteiger charge is -2.15.